The first-order valence-corrected chi connectivity index (χ1v) is 12.4. The maximum atomic E-state index is 12.7. The number of amides is 1. The molecule has 1 aromatic heterocycles. The van der Waals surface area contributed by atoms with Crippen molar-refractivity contribution in [2.45, 2.75) is 11.8 Å². The minimum atomic E-state index is -0.117. The Morgan fingerprint density at radius 1 is 0.861 bits per heavy atom. The zero-order valence-corrected chi connectivity index (χ0v) is 20.4. The minimum absolute atomic E-state index is 0.117. The van der Waals surface area contributed by atoms with Gasteiger partial charge in [-0.25, -0.2) is 0 Å². The molecule has 5 rings (SSSR count). The second-order valence-electron chi connectivity index (χ2n) is 7.93. The predicted molar refractivity (Wildman–Crippen MR) is 142 cm³/mol. The maximum Gasteiger partial charge on any atom is 0.234 e. The zero-order valence-electron chi connectivity index (χ0n) is 19.6. The number of hydrogen-bond donors (Lipinski definition) is 1. The Labute approximate surface area is 213 Å². The van der Waals surface area contributed by atoms with Gasteiger partial charge in [-0.2, -0.15) is 0 Å². The van der Waals surface area contributed by atoms with Crippen LogP contribution in [-0.4, -0.2) is 33.5 Å². The monoisotopic (exact) mass is 496 g/mol. The zero-order chi connectivity index (χ0) is 24.7. The second kappa shape index (κ2) is 11.0. The van der Waals surface area contributed by atoms with Gasteiger partial charge in [0.1, 0.15) is 18.1 Å². The number of aromatic nitrogens is 3. The number of fused-ring (bicyclic) bond motifs is 1. The largest absolute Gasteiger partial charge is 0.497 e. The average molecular weight is 497 g/mol. The molecule has 5 aromatic rings. The number of para-hydroxylation sites is 1. The van der Waals surface area contributed by atoms with Crippen molar-refractivity contribution in [3.63, 3.8) is 0 Å². The van der Waals surface area contributed by atoms with Crippen molar-refractivity contribution in [1.29, 1.82) is 0 Å². The van der Waals surface area contributed by atoms with Crippen molar-refractivity contribution < 1.29 is 14.3 Å². The van der Waals surface area contributed by atoms with E-state index in [-0.39, 0.29) is 18.3 Å². The number of nitrogens with one attached hydrogen (secondary N) is 1. The van der Waals surface area contributed by atoms with Crippen LogP contribution in [0, 0.1) is 0 Å². The SMILES string of the molecule is COc1ccc(OCc2nnc(SCC(=O)Nc3ccc4ccccc4c3)n2-c2ccccc2)cc1. The summed E-state index contributed by atoms with van der Waals surface area (Å²) in [5.41, 5.74) is 1.66. The minimum Gasteiger partial charge on any atom is -0.497 e. The van der Waals surface area contributed by atoms with E-state index in [2.05, 4.69) is 15.5 Å². The summed E-state index contributed by atoms with van der Waals surface area (Å²) < 4.78 is 13.1. The lowest BCUT2D eigenvalue weighted by molar-refractivity contribution is -0.113. The maximum absolute atomic E-state index is 12.7. The molecule has 1 amide bonds. The van der Waals surface area contributed by atoms with Crippen molar-refractivity contribution in [3.8, 4) is 17.2 Å². The van der Waals surface area contributed by atoms with E-state index in [1.807, 2.05) is 102 Å². The predicted octanol–water partition coefficient (Wildman–Crippen LogP) is 5.74. The van der Waals surface area contributed by atoms with E-state index < -0.39 is 0 Å². The summed E-state index contributed by atoms with van der Waals surface area (Å²) in [5.74, 6) is 2.16. The third-order valence-corrected chi connectivity index (χ3v) is 6.44. The fraction of sp³-hybridized carbons (Fsp3) is 0.107. The van der Waals surface area contributed by atoms with Gasteiger partial charge in [0.25, 0.3) is 0 Å². The van der Waals surface area contributed by atoms with Crippen LogP contribution in [0.15, 0.2) is 102 Å². The van der Waals surface area contributed by atoms with Crippen LogP contribution in [0.5, 0.6) is 11.5 Å². The molecule has 0 unspecified atom stereocenters. The molecule has 0 fully saturated rings. The van der Waals surface area contributed by atoms with Gasteiger partial charge in [0.05, 0.1) is 12.9 Å². The number of hydrogen-bond acceptors (Lipinski definition) is 6. The van der Waals surface area contributed by atoms with Crippen LogP contribution in [0.4, 0.5) is 5.69 Å². The molecular weight excluding hydrogens is 472 g/mol. The Morgan fingerprint density at radius 3 is 2.36 bits per heavy atom. The number of carbonyl (C=O) groups is 1. The second-order valence-corrected chi connectivity index (χ2v) is 8.88. The summed E-state index contributed by atoms with van der Waals surface area (Å²) >= 11 is 1.33. The summed E-state index contributed by atoms with van der Waals surface area (Å²) in [6, 6.07) is 31.1. The van der Waals surface area contributed by atoms with Crippen molar-refractivity contribution in [1.82, 2.24) is 14.8 Å². The molecule has 0 saturated carbocycles. The number of nitrogens with zero attached hydrogens (tertiary/aromatic N) is 3. The molecule has 0 aliphatic rings. The van der Waals surface area contributed by atoms with Crippen LogP contribution < -0.4 is 14.8 Å². The van der Waals surface area contributed by atoms with Gasteiger partial charge in [-0.1, -0.05) is 60.3 Å². The lowest BCUT2D eigenvalue weighted by Gasteiger charge is -2.11. The molecule has 1 N–H and O–H groups in total. The molecule has 180 valence electrons. The van der Waals surface area contributed by atoms with E-state index >= 15 is 0 Å². The highest BCUT2D eigenvalue weighted by Crippen LogP contribution is 2.25. The fourth-order valence-electron chi connectivity index (χ4n) is 3.74. The highest BCUT2D eigenvalue weighted by Gasteiger charge is 2.17. The molecule has 4 aromatic carbocycles. The molecule has 0 spiro atoms. The molecule has 0 aliphatic carbocycles. The Kier molecular flexibility index (Phi) is 7.14. The molecule has 7 nitrogen and oxygen atoms in total. The van der Waals surface area contributed by atoms with Gasteiger partial charge in [0.2, 0.25) is 5.91 Å². The number of carbonyl (C=O) groups excluding carboxylic acids is 1. The Morgan fingerprint density at radius 2 is 1.58 bits per heavy atom. The summed E-state index contributed by atoms with van der Waals surface area (Å²) in [4.78, 5) is 12.7. The summed E-state index contributed by atoms with van der Waals surface area (Å²) in [7, 11) is 1.62. The Balaban J connectivity index is 1.29. The first-order valence-electron chi connectivity index (χ1n) is 11.4. The number of benzene rings is 4. The Hall–Kier alpha value is -4.30. The standard InChI is InChI=1S/C28H24N4O3S/c1-34-24-13-15-25(16-14-24)35-18-26-30-31-28(32(26)23-9-3-2-4-10-23)36-19-27(33)29-22-12-11-20-7-5-6-8-21(20)17-22/h2-17H,18-19H2,1H3,(H,29,33). The van der Waals surface area contributed by atoms with Gasteiger partial charge in [-0.05, 0) is 59.3 Å². The van der Waals surface area contributed by atoms with Crippen molar-refractivity contribution in [2.24, 2.45) is 0 Å². The molecule has 0 radical (unpaired) electrons. The van der Waals surface area contributed by atoms with Gasteiger partial charge in [0, 0.05) is 11.4 Å². The smallest absolute Gasteiger partial charge is 0.234 e. The lowest BCUT2D eigenvalue weighted by atomic mass is 10.1. The summed E-state index contributed by atoms with van der Waals surface area (Å²) in [6.07, 6.45) is 0. The molecule has 36 heavy (non-hydrogen) atoms. The Bertz CT molecular complexity index is 1470. The first kappa shape index (κ1) is 23.4. The van der Waals surface area contributed by atoms with Crippen LogP contribution in [0.25, 0.3) is 16.5 Å². The number of thioether (sulfide) groups is 1. The van der Waals surface area contributed by atoms with E-state index in [0.717, 1.165) is 27.9 Å². The molecule has 0 aliphatic heterocycles. The topological polar surface area (TPSA) is 78.3 Å². The third-order valence-electron chi connectivity index (χ3n) is 5.51. The van der Waals surface area contributed by atoms with Gasteiger partial charge in [-0.3, -0.25) is 9.36 Å². The summed E-state index contributed by atoms with van der Waals surface area (Å²) in [5, 5.41) is 14.5. The van der Waals surface area contributed by atoms with E-state index in [0.29, 0.717) is 16.7 Å². The van der Waals surface area contributed by atoms with Crippen LogP contribution >= 0.6 is 11.8 Å². The highest BCUT2D eigenvalue weighted by atomic mass is 32.2. The van der Waals surface area contributed by atoms with Crippen LogP contribution in [-0.2, 0) is 11.4 Å². The van der Waals surface area contributed by atoms with Gasteiger partial charge < -0.3 is 14.8 Å². The van der Waals surface area contributed by atoms with Crippen LogP contribution in [0.2, 0.25) is 0 Å². The van der Waals surface area contributed by atoms with E-state index in [4.69, 9.17) is 9.47 Å². The molecule has 1 heterocycles. The van der Waals surface area contributed by atoms with E-state index in [9.17, 15) is 4.79 Å². The molecule has 0 saturated heterocycles. The van der Waals surface area contributed by atoms with E-state index in [1.54, 1.807) is 7.11 Å². The van der Waals surface area contributed by atoms with Crippen molar-refractivity contribution in [3.05, 3.63) is 103 Å². The third kappa shape index (κ3) is 5.50. The first-order chi connectivity index (χ1) is 17.7. The van der Waals surface area contributed by atoms with Gasteiger partial charge in [-0.15, -0.1) is 10.2 Å². The molecular formula is C28H24N4O3S. The lowest BCUT2D eigenvalue weighted by Crippen LogP contribution is -2.14. The van der Waals surface area contributed by atoms with Crippen molar-refractivity contribution >= 4 is 34.1 Å². The van der Waals surface area contributed by atoms with Crippen molar-refractivity contribution in [2.75, 3.05) is 18.2 Å². The number of methoxy groups -OCH3 is 1. The van der Waals surface area contributed by atoms with Crippen LogP contribution in [0.1, 0.15) is 5.82 Å². The molecule has 0 bridgehead atoms. The molecule has 8 heteroatoms. The van der Waals surface area contributed by atoms with E-state index in [1.165, 1.54) is 11.8 Å². The van der Waals surface area contributed by atoms with Gasteiger partial charge in [0.15, 0.2) is 11.0 Å². The quantitative estimate of drug-likeness (QED) is 0.262. The fourth-order valence-corrected chi connectivity index (χ4v) is 4.51. The van der Waals surface area contributed by atoms with Gasteiger partial charge >= 0.3 is 0 Å². The number of ether oxygens (including phenoxy) is 2. The van der Waals surface area contributed by atoms with Crippen LogP contribution in [0.3, 0.4) is 0 Å². The average Bonchev–Trinajstić information content (AvgIpc) is 3.34. The molecule has 0 atom stereocenters. The normalized spacial score (nSPS) is 10.8. The summed E-state index contributed by atoms with van der Waals surface area (Å²) in [6.45, 7) is 0.220. The number of rotatable bonds is 9. The number of anilines is 1. The highest BCUT2D eigenvalue weighted by molar-refractivity contribution is 7.99.